The Morgan fingerprint density at radius 2 is 1.93 bits per heavy atom. The van der Waals surface area contributed by atoms with Gasteiger partial charge in [-0.1, -0.05) is 0 Å². The minimum atomic E-state index is -1.36. The smallest absolute Gasteiger partial charge is 0.371 e. The summed E-state index contributed by atoms with van der Waals surface area (Å²) in [6.07, 6.45) is 0. The molecule has 0 atom stereocenters. The zero-order chi connectivity index (χ0) is 10.3. The first-order valence-corrected chi connectivity index (χ1v) is 3.70. The maximum Gasteiger partial charge on any atom is 0.371 e. The minimum absolute atomic E-state index is 0.164. The van der Waals surface area contributed by atoms with E-state index in [1.54, 1.807) is 0 Å². The van der Waals surface area contributed by atoms with Crippen LogP contribution in [0, 0.1) is 11.6 Å². The fraction of sp³-hybridized carbons (Fsp3) is 0. The van der Waals surface area contributed by atoms with E-state index in [0.29, 0.717) is 0 Å². The van der Waals surface area contributed by atoms with Crippen LogP contribution in [0.3, 0.4) is 0 Å². The van der Waals surface area contributed by atoms with Gasteiger partial charge in [-0.15, -0.1) is 0 Å². The molecule has 0 unspecified atom stereocenters. The molecule has 2 aromatic rings. The third-order valence-electron chi connectivity index (χ3n) is 1.79. The molecule has 0 amide bonds. The molecule has 5 heteroatoms. The Hall–Kier alpha value is -1.91. The maximum absolute atomic E-state index is 13.0. The molecule has 0 aliphatic heterocycles. The first kappa shape index (κ1) is 8.68. The van der Waals surface area contributed by atoms with E-state index < -0.39 is 23.4 Å². The van der Waals surface area contributed by atoms with Crippen molar-refractivity contribution in [3.05, 3.63) is 35.6 Å². The predicted molar refractivity (Wildman–Crippen MR) is 43.1 cm³/mol. The summed E-state index contributed by atoms with van der Waals surface area (Å²) in [7, 11) is 0. The van der Waals surface area contributed by atoms with Crippen molar-refractivity contribution in [1.82, 2.24) is 0 Å². The van der Waals surface area contributed by atoms with Crippen LogP contribution in [0.4, 0.5) is 8.78 Å². The number of fused-ring (bicyclic) bond motifs is 1. The summed E-state index contributed by atoms with van der Waals surface area (Å²) in [5.41, 5.74) is -0.373. The van der Waals surface area contributed by atoms with E-state index in [9.17, 15) is 13.6 Å². The highest BCUT2D eigenvalue weighted by Crippen LogP contribution is 2.24. The minimum Gasteiger partial charge on any atom is -0.475 e. The molecule has 0 fully saturated rings. The molecule has 2 rings (SSSR count). The number of hydrogen-bond acceptors (Lipinski definition) is 2. The third kappa shape index (κ3) is 1.14. The Balaban J connectivity index is 2.82. The predicted octanol–water partition coefficient (Wildman–Crippen LogP) is 2.41. The van der Waals surface area contributed by atoms with Gasteiger partial charge in [-0.2, -0.15) is 0 Å². The van der Waals surface area contributed by atoms with Gasteiger partial charge in [0.15, 0.2) is 11.4 Å². The van der Waals surface area contributed by atoms with Gasteiger partial charge >= 0.3 is 5.97 Å². The van der Waals surface area contributed by atoms with Crippen molar-refractivity contribution in [2.45, 2.75) is 0 Å². The lowest BCUT2D eigenvalue weighted by molar-refractivity contribution is 0.0665. The Morgan fingerprint density at radius 3 is 2.50 bits per heavy atom. The van der Waals surface area contributed by atoms with Crippen molar-refractivity contribution in [2.75, 3.05) is 0 Å². The molecule has 0 spiro atoms. The SMILES string of the molecule is O=C(O)c1cc2c(F)ccc(F)c2o1. The number of halogens is 2. The Morgan fingerprint density at radius 1 is 1.29 bits per heavy atom. The fourth-order valence-corrected chi connectivity index (χ4v) is 1.16. The lowest BCUT2D eigenvalue weighted by Crippen LogP contribution is -1.91. The molecule has 14 heavy (non-hydrogen) atoms. The van der Waals surface area contributed by atoms with Crippen LogP contribution < -0.4 is 0 Å². The number of carbonyl (C=O) groups is 1. The van der Waals surface area contributed by atoms with Gasteiger partial charge in [-0.3, -0.25) is 0 Å². The van der Waals surface area contributed by atoms with Crippen molar-refractivity contribution < 1.29 is 23.1 Å². The molecule has 0 aliphatic rings. The summed E-state index contributed by atoms with van der Waals surface area (Å²) in [5.74, 6) is -3.34. The number of carboxylic acids is 1. The van der Waals surface area contributed by atoms with Crippen LogP contribution in [0.1, 0.15) is 10.6 Å². The molecular formula is C9H4F2O3. The topological polar surface area (TPSA) is 50.4 Å². The second-order valence-corrected chi connectivity index (χ2v) is 2.69. The molecule has 1 N–H and O–H groups in total. The lowest BCUT2D eigenvalue weighted by atomic mass is 10.2. The zero-order valence-electron chi connectivity index (χ0n) is 6.75. The molecule has 3 nitrogen and oxygen atoms in total. The molecule has 72 valence electrons. The average Bonchev–Trinajstić information content (AvgIpc) is 2.57. The van der Waals surface area contributed by atoms with E-state index >= 15 is 0 Å². The molecule has 0 bridgehead atoms. The van der Waals surface area contributed by atoms with Gasteiger partial charge in [0.25, 0.3) is 0 Å². The number of rotatable bonds is 1. The second kappa shape index (κ2) is 2.80. The number of benzene rings is 1. The van der Waals surface area contributed by atoms with Crippen molar-refractivity contribution >= 4 is 16.9 Å². The van der Waals surface area contributed by atoms with E-state index in [1.807, 2.05) is 0 Å². The molecular weight excluding hydrogens is 194 g/mol. The first-order valence-electron chi connectivity index (χ1n) is 3.70. The van der Waals surface area contributed by atoms with Gasteiger partial charge in [-0.05, 0) is 12.1 Å². The molecule has 0 saturated carbocycles. The van der Waals surface area contributed by atoms with Crippen LogP contribution in [-0.4, -0.2) is 11.1 Å². The van der Waals surface area contributed by atoms with E-state index in [2.05, 4.69) is 4.42 Å². The maximum atomic E-state index is 13.0. The quantitative estimate of drug-likeness (QED) is 0.765. The second-order valence-electron chi connectivity index (χ2n) is 2.69. The normalized spacial score (nSPS) is 10.7. The van der Waals surface area contributed by atoms with Gasteiger partial charge in [0.2, 0.25) is 5.76 Å². The monoisotopic (exact) mass is 198 g/mol. The highest BCUT2D eigenvalue weighted by molar-refractivity contribution is 5.91. The molecule has 1 aromatic carbocycles. The molecule has 0 aliphatic carbocycles. The van der Waals surface area contributed by atoms with Crippen LogP contribution in [-0.2, 0) is 0 Å². The zero-order valence-corrected chi connectivity index (χ0v) is 6.75. The summed E-state index contributed by atoms with van der Waals surface area (Å²) >= 11 is 0. The summed E-state index contributed by atoms with van der Waals surface area (Å²) < 4.78 is 30.6. The summed E-state index contributed by atoms with van der Waals surface area (Å²) in [6, 6.07) is 2.75. The van der Waals surface area contributed by atoms with Gasteiger partial charge in [0.1, 0.15) is 5.82 Å². The lowest BCUT2D eigenvalue weighted by Gasteiger charge is -1.91. The largest absolute Gasteiger partial charge is 0.475 e. The Bertz CT molecular complexity index is 477. The van der Waals surface area contributed by atoms with Crippen molar-refractivity contribution in [3.63, 3.8) is 0 Å². The van der Waals surface area contributed by atoms with Crippen molar-refractivity contribution in [1.29, 1.82) is 0 Å². The van der Waals surface area contributed by atoms with E-state index in [1.165, 1.54) is 0 Å². The molecule has 1 aromatic heterocycles. The highest BCUT2D eigenvalue weighted by atomic mass is 19.1. The van der Waals surface area contributed by atoms with Crippen LogP contribution in [0.2, 0.25) is 0 Å². The summed E-state index contributed by atoms with van der Waals surface area (Å²) in [6.45, 7) is 0. The van der Waals surface area contributed by atoms with Gasteiger partial charge in [-0.25, -0.2) is 13.6 Å². The van der Waals surface area contributed by atoms with Gasteiger partial charge in [0, 0.05) is 6.07 Å². The molecule has 0 saturated heterocycles. The van der Waals surface area contributed by atoms with Crippen molar-refractivity contribution in [2.24, 2.45) is 0 Å². The molecule has 1 heterocycles. The van der Waals surface area contributed by atoms with Crippen LogP contribution in [0.15, 0.2) is 22.6 Å². The first-order chi connectivity index (χ1) is 6.59. The third-order valence-corrected chi connectivity index (χ3v) is 1.79. The van der Waals surface area contributed by atoms with Gasteiger partial charge < -0.3 is 9.52 Å². The average molecular weight is 198 g/mol. The van der Waals surface area contributed by atoms with Gasteiger partial charge in [0.05, 0.1) is 5.39 Å². The number of carboxylic acid groups (broad SMARTS) is 1. The standard InChI is InChI=1S/C9H4F2O3/c10-5-1-2-6(11)8-4(5)3-7(14-8)9(12)13/h1-3H,(H,12,13). The fourth-order valence-electron chi connectivity index (χ4n) is 1.16. The van der Waals surface area contributed by atoms with E-state index in [4.69, 9.17) is 5.11 Å². The highest BCUT2D eigenvalue weighted by Gasteiger charge is 2.15. The van der Waals surface area contributed by atoms with E-state index in [0.717, 1.165) is 18.2 Å². The number of furan rings is 1. The van der Waals surface area contributed by atoms with Crippen LogP contribution >= 0.6 is 0 Å². The van der Waals surface area contributed by atoms with E-state index in [-0.39, 0.29) is 11.0 Å². The summed E-state index contributed by atoms with van der Waals surface area (Å²) in [4.78, 5) is 10.5. The Labute approximate surface area is 76.6 Å². The van der Waals surface area contributed by atoms with Crippen molar-refractivity contribution in [3.8, 4) is 0 Å². The van der Waals surface area contributed by atoms with Crippen LogP contribution in [0.5, 0.6) is 0 Å². The summed E-state index contributed by atoms with van der Waals surface area (Å²) in [5, 5.41) is 8.36. The number of hydrogen-bond donors (Lipinski definition) is 1. The molecule has 0 radical (unpaired) electrons. The number of aromatic carboxylic acids is 1. The van der Waals surface area contributed by atoms with Crippen LogP contribution in [0.25, 0.3) is 11.0 Å². The Kier molecular flexibility index (Phi) is 1.73.